The fourth-order valence-electron chi connectivity index (χ4n) is 1.70. The normalized spacial score (nSPS) is 11.0. The third kappa shape index (κ3) is 5.05. The average Bonchev–Trinajstić information content (AvgIpc) is 2.45. The van der Waals surface area contributed by atoms with Gasteiger partial charge in [0.2, 0.25) is 10.0 Å². The SMILES string of the molecule is CS(=O)(=O)NC(=O)c1cccc(OCc2ccc(Cl)cc2)c1. The van der Waals surface area contributed by atoms with Gasteiger partial charge in [0.25, 0.3) is 5.91 Å². The van der Waals surface area contributed by atoms with Gasteiger partial charge in [-0.15, -0.1) is 0 Å². The Bertz CT molecular complexity index is 772. The van der Waals surface area contributed by atoms with Gasteiger partial charge in [-0.3, -0.25) is 4.79 Å². The molecule has 0 radical (unpaired) electrons. The predicted molar refractivity (Wildman–Crippen MR) is 84.5 cm³/mol. The molecule has 0 unspecified atom stereocenters. The number of halogens is 1. The summed E-state index contributed by atoms with van der Waals surface area (Å²) in [5.41, 5.74) is 1.13. The first-order valence-electron chi connectivity index (χ1n) is 6.33. The van der Waals surface area contributed by atoms with Crippen molar-refractivity contribution in [1.82, 2.24) is 4.72 Å². The number of hydrogen-bond acceptors (Lipinski definition) is 4. The van der Waals surface area contributed by atoms with Crippen molar-refractivity contribution in [2.45, 2.75) is 6.61 Å². The summed E-state index contributed by atoms with van der Waals surface area (Å²) in [6.45, 7) is 0.314. The number of ether oxygens (including phenoxy) is 1. The molecule has 0 spiro atoms. The minimum absolute atomic E-state index is 0.207. The highest BCUT2D eigenvalue weighted by molar-refractivity contribution is 7.89. The second kappa shape index (κ2) is 6.81. The first-order valence-corrected chi connectivity index (χ1v) is 8.60. The largest absolute Gasteiger partial charge is 0.489 e. The molecule has 0 saturated carbocycles. The van der Waals surface area contributed by atoms with Crippen LogP contribution in [0.2, 0.25) is 5.02 Å². The lowest BCUT2D eigenvalue weighted by molar-refractivity contribution is 0.0981. The van der Waals surface area contributed by atoms with E-state index < -0.39 is 15.9 Å². The van der Waals surface area contributed by atoms with Crippen LogP contribution in [-0.4, -0.2) is 20.6 Å². The molecule has 2 rings (SSSR count). The maximum Gasteiger partial charge on any atom is 0.264 e. The van der Waals surface area contributed by atoms with E-state index >= 15 is 0 Å². The van der Waals surface area contributed by atoms with Crippen LogP contribution in [0.1, 0.15) is 15.9 Å². The van der Waals surface area contributed by atoms with Gasteiger partial charge in [0, 0.05) is 10.6 Å². The first kappa shape index (κ1) is 16.3. The lowest BCUT2D eigenvalue weighted by Crippen LogP contribution is -2.29. The molecule has 2 aromatic rings. The van der Waals surface area contributed by atoms with E-state index in [1.165, 1.54) is 12.1 Å². The smallest absolute Gasteiger partial charge is 0.264 e. The van der Waals surface area contributed by atoms with Crippen molar-refractivity contribution in [1.29, 1.82) is 0 Å². The minimum atomic E-state index is -3.60. The van der Waals surface area contributed by atoms with Gasteiger partial charge in [0.1, 0.15) is 12.4 Å². The van der Waals surface area contributed by atoms with Gasteiger partial charge in [0.05, 0.1) is 6.26 Å². The molecule has 1 amide bonds. The highest BCUT2D eigenvalue weighted by Crippen LogP contribution is 2.16. The highest BCUT2D eigenvalue weighted by Gasteiger charge is 2.11. The molecular weight excluding hydrogens is 326 g/mol. The van der Waals surface area contributed by atoms with Crippen LogP contribution in [0.3, 0.4) is 0 Å². The van der Waals surface area contributed by atoms with Gasteiger partial charge < -0.3 is 4.74 Å². The summed E-state index contributed by atoms with van der Waals surface area (Å²) in [5, 5.41) is 0.642. The molecule has 0 aromatic heterocycles. The monoisotopic (exact) mass is 339 g/mol. The number of hydrogen-bond donors (Lipinski definition) is 1. The lowest BCUT2D eigenvalue weighted by Gasteiger charge is -2.08. The molecule has 0 bridgehead atoms. The zero-order valence-electron chi connectivity index (χ0n) is 11.7. The summed E-state index contributed by atoms with van der Waals surface area (Å²) < 4.78 is 29.6. The van der Waals surface area contributed by atoms with Crippen molar-refractivity contribution >= 4 is 27.5 Å². The molecule has 0 aliphatic carbocycles. The van der Waals surface area contributed by atoms with E-state index in [0.717, 1.165) is 11.8 Å². The molecule has 0 fully saturated rings. The molecule has 0 saturated heterocycles. The zero-order chi connectivity index (χ0) is 16.2. The number of amides is 1. The minimum Gasteiger partial charge on any atom is -0.489 e. The van der Waals surface area contributed by atoms with Crippen LogP contribution in [0.15, 0.2) is 48.5 Å². The van der Waals surface area contributed by atoms with Crippen LogP contribution in [0, 0.1) is 0 Å². The molecule has 5 nitrogen and oxygen atoms in total. The summed E-state index contributed by atoms with van der Waals surface area (Å²) in [5.74, 6) is -0.226. The highest BCUT2D eigenvalue weighted by atomic mass is 35.5. The number of benzene rings is 2. The van der Waals surface area contributed by atoms with Crippen molar-refractivity contribution < 1.29 is 17.9 Å². The molecular formula is C15H14ClNO4S. The van der Waals surface area contributed by atoms with E-state index in [1.54, 1.807) is 24.3 Å². The molecule has 1 N–H and O–H groups in total. The fourth-order valence-corrected chi connectivity index (χ4v) is 2.28. The van der Waals surface area contributed by atoms with Crippen molar-refractivity contribution in [3.05, 3.63) is 64.7 Å². The summed E-state index contributed by atoms with van der Waals surface area (Å²) in [4.78, 5) is 11.8. The van der Waals surface area contributed by atoms with Crippen LogP contribution in [0.4, 0.5) is 0 Å². The van der Waals surface area contributed by atoms with E-state index in [9.17, 15) is 13.2 Å². The Morgan fingerprint density at radius 3 is 2.50 bits per heavy atom. The Morgan fingerprint density at radius 2 is 1.86 bits per heavy atom. The third-order valence-electron chi connectivity index (χ3n) is 2.69. The van der Waals surface area contributed by atoms with Gasteiger partial charge in [-0.1, -0.05) is 29.8 Å². The Balaban J connectivity index is 2.05. The van der Waals surface area contributed by atoms with Gasteiger partial charge >= 0.3 is 0 Å². The van der Waals surface area contributed by atoms with Crippen molar-refractivity contribution in [2.24, 2.45) is 0 Å². The second-order valence-electron chi connectivity index (χ2n) is 4.65. The topological polar surface area (TPSA) is 72.5 Å². The summed E-state index contributed by atoms with van der Waals surface area (Å²) >= 11 is 5.80. The Kier molecular flexibility index (Phi) is 5.05. The maximum absolute atomic E-state index is 11.8. The molecule has 22 heavy (non-hydrogen) atoms. The van der Waals surface area contributed by atoms with Crippen LogP contribution in [0.5, 0.6) is 5.75 Å². The van der Waals surface area contributed by atoms with Crippen molar-refractivity contribution in [2.75, 3.05) is 6.26 Å². The van der Waals surface area contributed by atoms with E-state index in [2.05, 4.69) is 0 Å². The Morgan fingerprint density at radius 1 is 1.18 bits per heavy atom. The van der Waals surface area contributed by atoms with E-state index in [-0.39, 0.29) is 5.56 Å². The zero-order valence-corrected chi connectivity index (χ0v) is 13.3. The standard InChI is InChI=1S/C15H14ClNO4S/c1-22(19,20)17-15(18)12-3-2-4-14(9-12)21-10-11-5-7-13(16)8-6-11/h2-9H,10H2,1H3,(H,17,18). The molecule has 0 aliphatic heterocycles. The Hall–Kier alpha value is -2.05. The molecule has 0 atom stereocenters. The number of sulfonamides is 1. The van der Waals surface area contributed by atoms with Gasteiger partial charge in [-0.2, -0.15) is 0 Å². The van der Waals surface area contributed by atoms with Crippen LogP contribution >= 0.6 is 11.6 Å². The molecule has 7 heteroatoms. The lowest BCUT2D eigenvalue weighted by atomic mass is 10.2. The van der Waals surface area contributed by atoms with Gasteiger partial charge in [0.15, 0.2) is 0 Å². The first-order chi connectivity index (χ1) is 10.3. The summed E-state index contributed by atoms with van der Waals surface area (Å²) in [7, 11) is -3.60. The predicted octanol–water partition coefficient (Wildman–Crippen LogP) is 2.61. The quantitative estimate of drug-likeness (QED) is 0.908. The summed E-state index contributed by atoms with van der Waals surface area (Å²) in [6.07, 6.45) is 0.922. The van der Waals surface area contributed by atoms with Crippen LogP contribution < -0.4 is 9.46 Å². The van der Waals surface area contributed by atoms with Gasteiger partial charge in [-0.25, -0.2) is 13.1 Å². The van der Waals surface area contributed by atoms with Gasteiger partial charge in [-0.05, 0) is 35.9 Å². The van der Waals surface area contributed by atoms with Crippen molar-refractivity contribution in [3.63, 3.8) is 0 Å². The Labute approximate surface area is 133 Å². The van der Waals surface area contributed by atoms with Crippen molar-refractivity contribution in [3.8, 4) is 5.75 Å². The molecule has 2 aromatic carbocycles. The maximum atomic E-state index is 11.8. The molecule has 0 heterocycles. The number of carbonyl (C=O) groups is 1. The molecule has 0 aliphatic rings. The van der Waals surface area contributed by atoms with E-state index in [1.807, 2.05) is 16.9 Å². The second-order valence-corrected chi connectivity index (χ2v) is 6.83. The average molecular weight is 340 g/mol. The molecule has 116 valence electrons. The number of nitrogens with one attached hydrogen (secondary N) is 1. The van der Waals surface area contributed by atoms with Crippen LogP contribution in [-0.2, 0) is 16.6 Å². The van der Waals surface area contributed by atoms with Crippen LogP contribution in [0.25, 0.3) is 0 Å². The summed E-state index contributed by atoms with van der Waals surface area (Å²) in [6, 6.07) is 13.5. The number of rotatable bonds is 5. The fraction of sp³-hybridized carbons (Fsp3) is 0.133. The number of carbonyl (C=O) groups excluding carboxylic acids is 1. The van der Waals surface area contributed by atoms with E-state index in [4.69, 9.17) is 16.3 Å². The third-order valence-corrected chi connectivity index (χ3v) is 3.50. The van der Waals surface area contributed by atoms with E-state index in [0.29, 0.717) is 17.4 Å².